The molecule has 82 valence electrons. The Bertz CT molecular complexity index is 473. The van der Waals surface area contributed by atoms with Gasteiger partial charge in [0.05, 0.1) is 5.69 Å². The molecule has 0 aliphatic heterocycles. The average molecular weight is 296 g/mol. The van der Waals surface area contributed by atoms with E-state index >= 15 is 0 Å². The van der Waals surface area contributed by atoms with E-state index in [1.54, 1.807) is 30.1 Å². The molecule has 0 saturated heterocycles. The fourth-order valence-electron chi connectivity index (χ4n) is 1.22. The number of halogens is 1. The summed E-state index contributed by atoms with van der Waals surface area (Å²) in [5, 5.41) is 9.31. The Hall–Kier alpha value is -1.00. The van der Waals surface area contributed by atoms with Crippen LogP contribution < -0.4 is 0 Å². The van der Waals surface area contributed by atoms with Crippen molar-refractivity contribution in [2.75, 3.05) is 0 Å². The minimum absolute atomic E-state index is 0.300. The highest BCUT2D eigenvalue weighted by molar-refractivity contribution is 9.10. The van der Waals surface area contributed by atoms with Gasteiger partial charge in [-0.2, -0.15) is 0 Å². The molecular formula is C12H10BrNOS. The fraction of sp³-hybridized carbons (Fsp3) is 0.0833. The zero-order valence-electron chi connectivity index (χ0n) is 8.43. The molecule has 4 heteroatoms. The fourth-order valence-corrected chi connectivity index (χ4v) is 2.32. The van der Waals surface area contributed by atoms with Crippen molar-refractivity contribution in [2.45, 2.75) is 10.6 Å². The summed E-state index contributed by atoms with van der Waals surface area (Å²) in [5.74, 6) is 1.10. The van der Waals surface area contributed by atoms with Crippen molar-refractivity contribution in [3.8, 4) is 5.75 Å². The van der Waals surface area contributed by atoms with Crippen LogP contribution >= 0.6 is 27.7 Å². The first kappa shape index (κ1) is 11.5. The smallest absolute Gasteiger partial charge is 0.116 e. The Morgan fingerprint density at radius 1 is 1.25 bits per heavy atom. The van der Waals surface area contributed by atoms with Gasteiger partial charge in [0.2, 0.25) is 0 Å². The minimum Gasteiger partial charge on any atom is -0.508 e. The molecule has 1 aromatic carbocycles. The van der Waals surface area contributed by atoms with E-state index in [9.17, 15) is 5.11 Å². The van der Waals surface area contributed by atoms with Crippen LogP contribution in [0.3, 0.4) is 0 Å². The Balaban J connectivity index is 1.99. The molecule has 1 aromatic heterocycles. The number of aromatic nitrogens is 1. The molecule has 2 aromatic rings. The topological polar surface area (TPSA) is 33.1 Å². The lowest BCUT2D eigenvalue weighted by Gasteiger charge is -2.02. The third-order valence-corrected chi connectivity index (χ3v) is 3.49. The van der Waals surface area contributed by atoms with Crippen molar-refractivity contribution in [2.24, 2.45) is 0 Å². The third-order valence-electron chi connectivity index (χ3n) is 1.99. The molecule has 2 rings (SSSR count). The van der Waals surface area contributed by atoms with Crippen LogP contribution in [0.5, 0.6) is 5.75 Å². The van der Waals surface area contributed by atoms with Gasteiger partial charge in [-0.25, -0.2) is 0 Å². The molecule has 0 aliphatic rings. The van der Waals surface area contributed by atoms with Crippen molar-refractivity contribution in [1.29, 1.82) is 0 Å². The predicted octanol–water partition coefficient (Wildman–Crippen LogP) is 3.84. The van der Waals surface area contributed by atoms with Crippen molar-refractivity contribution in [1.82, 2.24) is 4.98 Å². The largest absolute Gasteiger partial charge is 0.508 e. The summed E-state index contributed by atoms with van der Waals surface area (Å²) in [6.45, 7) is 0. The number of thioether (sulfide) groups is 1. The predicted molar refractivity (Wildman–Crippen MR) is 69.6 cm³/mol. The lowest BCUT2D eigenvalue weighted by Crippen LogP contribution is -1.85. The molecule has 0 radical (unpaired) electrons. The highest BCUT2D eigenvalue weighted by Crippen LogP contribution is 2.25. The first-order valence-electron chi connectivity index (χ1n) is 4.76. The minimum atomic E-state index is 0.300. The summed E-state index contributed by atoms with van der Waals surface area (Å²) in [5.41, 5.74) is 1.02. The summed E-state index contributed by atoms with van der Waals surface area (Å²) in [4.78, 5) is 5.33. The molecule has 0 unspecified atom stereocenters. The van der Waals surface area contributed by atoms with Gasteiger partial charge in [-0.3, -0.25) is 4.98 Å². The average Bonchev–Trinajstić information content (AvgIpc) is 2.28. The van der Waals surface area contributed by atoms with Gasteiger partial charge in [-0.05, 0) is 46.3 Å². The van der Waals surface area contributed by atoms with Gasteiger partial charge in [-0.1, -0.05) is 6.07 Å². The van der Waals surface area contributed by atoms with Crippen LogP contribution in [0.2, 0.25) is 0 Å². The monoisotopic (exact) mass is 295 g/mol. The zero-order valence-corrected chi connectivity index (χ0v) is 10.8. The van der Waals surface area contributed by atoms with E-state index in [1.807, 2.05) is 24.3 Å². The molecule has 1 N–H and O–H groups in total. The molecule has 0 bridgehead atoms. The number of phenols is 1. The molecule has 0 fully saturated rings. The molecular weight excluding hydrogens is 286 g/mol. The standard InChI is InChI=1S/C12H10BrNOS/c13-9-4-5-10(14-7-9)8-16-12-3-1-2-11(15)6-12/h1-7,15H,8H2. The SMILES string of the molecule is Oc1cccc(SCc2ccc(Br)cn2)c1. The zero-order chi connectivity index (χ0) is 11.4. The van der Waals surface area contributed by atoms with E-state index in [0.717, 1.165) is 20.8 Å². The Kier molecular flexibility index (Phi) is 3.85. The highest BCUT2D eigenvalue weighted by atomic mass is 79.9. The Morgan fingerprint density at radius 3 is 2.81 bits per heavy atom. The summed E-state index contributed by atoms with van der Waals surface area (Å²) < 4.78 is 0.985. The number of nitrogens with zero attached hydrogens (tertiary/aromatic N) is 1. The quantitative estimate of drug-likeness (QED) is 0.874. The molecule has 0 saturated carbocycles. The highest BCUT2D eigenvalue weighted by Gasteiger charge is 1.98. The first-order chi connectivity index (χ1) is 7.74. The number of hydrogen-bond acceptors (Lipinski definition) is 3. The van der Waals surface area contributed by atoms with E-state index in [1.165, 1.54) is 0 Å². The van der Waals surface area contributed by atoms with E-state index in [-0.39, 0.29) is 0 Å². The third kappa shape index (κ3) is 3.25. The first-order valence-corrected chi connectivity index (χ1v) is 6.54. The van der Waals surface area contributed by atoms with Crippen molar-refractivity contribution in [3.05, 3.63) is 52.8 Å². The van der Waals surface area contributed by atoms with E-state index in [0.29, 0.717) is 5.75 Å². The molecule has 0 atom stereocenters. The van der Waals surface area contributed by atoms with Crippen LogP contribution in [0.1, 0.15) is 5.69 Å². The van der Waals surface area contributed by atoms with Crippen molar-refractivity contribution < 1.29 is 5.11 Å². The second kappa shape index (κ2) is 5.37. The molecule has 0 amide bonds. The van der Waals surface area contributed by atoms with Crippen LogP contribution in [0.25, 0.3) is 0 Å². The number of aromatic hydroxyl groups is 1. The van der Waals surface area contributed by atoms with Crippen LogP contribution in [-0.2, 0) is 5.75 Å². The molecule has 0 spiro atoms. The summed E-state index contributed by atoms with van der Waals surface area (Å²) >= 11 is 5.00. The Labute approximate surface area is 107 Å². The van der Waals surface area contributed by atoms with Crippen LogP contribution in [-0.4, -0.2) is 10.1 Å². The molecule has 1 heterocycles. The lowest BCUT2D eigenvalue weighted by atomic mass is 10.3. The van der Waals surface area contributed by atoms with Gasteiger partial charge in [-0.15, -0.1) is 11.8 Å². The van der Waals surface area contributed by atoms with Crippen LogP contribution in [0.4, 0.5) is 0 Å². The number of hydrogen-bond donors (Lipinski definition) is 1. The maximum Gasteiger partial charge on any atom is 0.116 e. The van der Waals surface area contributed by atoms with E-state index in [4.69, 9.17) is 0 Å². The summed E-state index contributed by atoms with van der Waals surface area (Å²) in [6, 6.07) is 11.2. The second-order valence-electron chi connectivity index (χ2n) is 3.25. The van der Waals surface area contributed by atoms with Gasteiger partial charge >= 0.3 is 0 Å². The maximum atomic E-state index is 9.31. The van der Waals surface area contributed by atoms with Crippen molar-refractivity contribution >= 4 is 27.7 Å². The van der Waals surface area contributed by atoms with E-state index in [2.05, 4.69) is 20.9 Å². The molecule has 0 aliphatic carbocycles. The van der Waals surface area contributed by atoms with Gasteiger partial charge in [0.1, 0.15) is 5.75 Å². The van der Waals surface area contributed by atoms with Gasteiger partial charge < -0.3 is 5.11 Å². The number of phenolic OH excluding ortho intramolecular Hbond substituents is 1. The van der Waals surface area contributed by atoms with Gasteiger partial charge in [0.15, 0.2) is 0 Å². The number of benzene rings is 1. The summed E-state index contributed by atoms with van der Waals surface area (Å²) in [7, 11) is 0. The number of rotatable bonds is 3. The number of pyridine rings is 1. The maximum absolute atomic E-state index is 9.31. The van der Waals surface area contributed by atoms with Gasteiger partial charge in [0, 0.05) is 21.3 Å². The molecule has 16 heavy (non-hydrogen) atoms. The lowest BCUT2D eigenvalue weighted by molar-refractivity contribution is 0.474. The van der Waals surface area contributed by atoms with Crippen molar-refractivity contribution in [3.63, 3.8) is 0 Å². The normalized spacial score (nSPS) is 10.3. The second-order valence-corrected chi connectivity index (χ2v) is 5.22. The van der Waals surface area contributed by atoms with E-state index < -0.39 is 0 Å². The van der Waals surface area contributed by atoms with Crippen LogP contribution in [0, 0.1) is 0 Å². The van der Waals surface area contributed by atoms with Gasteiger partial charge in [0.25, 0.3) is 0 Å². The molecule has 2 nitrogen and oxygen atoms in total. The Morgan fingerprint density at radius 2 is 2.12 bits per heavy atom. The summed E-state index contributed by atoms with van der Waals surface area (Å²) in [6.07, 6.45) is 1.79. The van der Waals surface area contributed by atoms with Crippen LogP contribution in [0.15, 0.2) is 52.0 Å².